The van der Waals surface area contributed by atoms with E-state index in [0.717, 1.165) is 11.3 Å². The van der Waals surface area contributed by atoms with E-state index in [1.807, 2.05) is 24.3 Å². The third-order valence-corrected chi connectivity index (χ3v) is 2.16. The molecule has 0 aliphatic rings. The molecule has 0 saturated heterocycles. The summed E-state index contributed by atoms with van der Waals surface area (Å²) in [6.45, 7) is 0. The first-order chi connectivity index (χ1) is 8.28. The second-order valence-corrected chi connectivity index (χ2v) is 3.46. The first kappa shape index (κ1) is 10.9. The first-order valence-corrected chi connectivity index (χ1v) is 5.09. The minimum Gasteiger partial charge on any atom is -0.368 e. The van der Waals surface area contributed by atoms with Gasteiger partial charge >= 0.3 is 0 Å². The summed E-state index contributed by atoms with van der Waals surface area (Å²) in [5.41, 5.74) is 7.31. The van der Waals surface area contributed by atoms with Gasteiger partial charge in [0.05, 0.1) is 12.5 Å². The van der Waals surface area contributed by atoms with E-state index >= 15 is 0 Å². The molecular weight excluding hydrogens is 214 g/mol. The summed E-state index contributed by atoms with van der Waals surface area (Å²) in [6.07, 6.45) is 1.98. The summed E-state index contributed by atoms with van der Waals surface area (Å²) in [5.74, 6) is 0.856. The third kappa shape index (κ3) is 2.92. The Hall–Kier alpha value is -2.61. The summed E-state index contributed by atoms with van der Waals surface area (Å²) in [6, 6.07) is 11.4. The van der Waals surface area contributed by atoms with Crippen molar-refractivity contribution in [1.29, 1.82) is 5.26 Å². The van der Waals surface area contributed by atoms with Crippen LogP contribution in [0.15, 0.2) is 36.5 Å². The Labute approximate surface area is 98.9 Å². The van der Waals surface area contributed by atoms with Crippen molar-refractivity contribution in [3.8, 4) is 6.07 Å². The fraction of sp³-hybridized carbons (Fsp3) is 0.0833. The van der Waals surface area contributed by atoms with Crippen molar-refractivity contribution in [2.75, 3.05) is 11.1 Å². The minimum absolute atomic E-state index is 0.225. The minimum atomic E-state index is 0.225. The third-order valence-electron chi connectivity index (χ3n) is 2.16. The predicted octanol–water partition coefficient (Wildman–Crippen LogP) is 1.87. The highest BCUT2D eigenvalue weighted by molar-refractivity contribution is 5.57. The molecule has 0 amide bonds. The van der Waals surface area contributed by atoms with Crippen LogP contribution in [0.1, 0.15) is 5.56 Å². The summed E-state index contributed by atoms with van der Waals surface area (Å²) in [7, 11) is 0. The highest BCUT2D eigenvalue weighted by Crippen LogP contribution is 2.16. The molecule has 3 N–H and O–H groups in total. The number of aromatic nitrogens is 2. The van der Waals surface area contributed by atoms with E-state index in [9.17, 15) is 0 Å². The maximum absolute atomic E-state index is 8.63. The Morgan fingerprint density at radius 3 is 3.00 bits per heavy atom. The van der Waals surface area contributed by atoms with Crippen LogP contribution in [0, 0.1) is 11.3 Å². The zero-order chi connectivity index (χ0) is 12.1. The van der Waals surface area contributed by atoms with Crippen LogP contribution in [-0.2, 0) is 6.42 Å². The van der Waals surface area contributed by atoms with E-state index in [2.05, 4.69) is 21.4 Å². The van der Waals surface area contributed by atoms with E-state index in [4.69, 9.17) is 11.0 Å². The zero-order valence-corrected chi connectivity index (χ0v) is 9.09. The van der Waals surface area contributed by atoms with Crippen LogP contribution >= 0.6 is 0 Å². The van der Waals surface area contributed by atoms with Crippen LogP contribution in [0.2, 0.25) is 0 Å². The number of hydrogen-bond donors (Lipinski definition) is 2. The summed E-state index contributed by atoms with van der Waals surface area (Å²) < 4.78 is 0. The largest absolute Gasteiger partial charge is 0.368 e. The number of nitriles is 1. The molecule has 0 bridgehead atoms. The van der Waals surface area contributed by atoms with Gasteiger partial charge in [-0.1, -0.05) is 12.1 Å². The Bertz CT molecular complexity index is 559. The molecule has 5 nitrogen and oxygen atoms in total. The van der Waals surface area contributed by atoms with Gasteiger partial charge < -0.3 is 11.1 Å². The van der Waals surface area contributed by atoms with Crippen LogP contribution in [0.5, 0.6) is 0 Å². The second-order valence-electron chi connectivity index (χ2n) is 3.46. The van der Waals surface area contributed by atoms with Gasteiger partial charge in [-0.2, -0.15) is 10.2 Å². The average Bonchev–Trinajstić information content (AvgIpc) is 2.30. The van der Waals surface area contributed by atoms with Crippen molar-refractivity contribution < 1.29 is 0 Å². The van der Waals surface area contributed by atoms with E-state index in [0.29, 0.717) is 12.2 Å². The van der Waals surface area contributed by atoms with Gasteiger partial charge in [0.2, 0.25) is 5.95 Å². The summed E-state index contributed by atoms with van der Waals surface area (Å²) >= 11 is 0. The Kier molecular flexibility index (Phi) is 3.17. The standard InChI is InChI=1S/C12H11N5/c13-6-4-9-2-1-3-10(8-9)16-11-5-7-15-12(14)17-11/h1-3,5,7-8H,4H2,(H3,14,15,16,17). The predicted molar refractivity (Wildman–Crippen MR) is 65.5 cm³/mol. The highest BCUT2D eigenvalue weighted by Gasteiger charge is 1.98. The number of nitrogens with one attached hydrogen (secondary N) is 1. The molecule has 0 radical (unpaired) electrons. The van der Waals surface area contributed by atoms with E-state index in [1.54, 1.807) is 12.3 Å². The molecule has 0 atom stereocenters. The molecule has 0 aliphatic carbocycles. The van der Waals surface area contributed by atoms with Crippen molar-refractivity contribution >= 4 is 17.5 Å². The molecule has 84 valence electrons. The van der Waals surface area contributed by atoms with Crippen molar-refractivity contribution in [1.82, 2.24) is 9.97 Å². The van der Waals surface area contributed by atoms with Gasteiger partial charge in [0.1, 0.15) is 5.82 Å². The van der Waals surface area contributed by atoms with Crippen molar-refractivity contribution in [3.63, 3.8) is 0 Å². The van der Waals surface area contributed by atoms with Gasteiger partial charge in [-0.3, -0.25) is 0 Å². The van der Waals surface area contributed by atoms with Crippen LogP contribution < -0.4 is 11.1 Å². The van der Waals surface area contributed by atoms with Gasteiger partial charge in [0, 0.05) is 11.9 Å². The van der Waals surface area contributed by atoms with Gasteiger partial charge in [0.25, 0.3) is 0 Å². The number of anilines is 3. The molecule has 0 fully saturated rings. The lowest BCUT2D eigenvalue weighted by molar-refractivity contribution is 1.18. The molecule has 1 heterocycles. The number of benzene rings is 1. The normalized spacial score (nSPS) is 9.59. The van der Waals surface area contributed by atoms with E-state index < -0.39 is 0 Å². The number of nitrogens with zero attached hydrogens (tertiary/aromatic N) is 3. The first-order valence-electron chi connectivity index (χ1n) is 5.09. The van der Waals surface area contributed by atoms with Gasteiger partial charge in [-0.15, -0.1) is 0 Å². The fourth-order valence-corrected chi connectivity index (χ4v) is 1.44. The highest BCUT2D eigenvalue weighted by atomic mass is 15.1. The zero-order valence-electron chi connectivity index (χ0n) is 9.09. The molecule has 0 aliphatic heterocycles. The number of rotatable bonds is 3. The smallest absolute Gasteiger partial charge is 0.221 e. The second kappa shape index (κ2) is 4.94. The van der Waals surface area contributed by atoms with Crippen LogP contribution in [0.4, 0.5) is 17.5 Å². The summed E-state index contributed by atoms with van der Waals surface area (Å²) in [4.78, 5) is 7.85. The van der Waals surface area contributed by atoms with Crippen LogP contribution in [0.25, 0.3) is 0 Å². The number of hydrogen-bond acceptors (Lipinski definition) is 5. The SMILES string of the molecule is N#CCc1cccc(Nc2ccnc(N)n2)c1. The molecular formula is C12H11N5. The van der Waals surface area contributed by atoms with Gasteiger partial charge in [-0.05, 0) is 23.8 Å². The monoisotopic (exact) mass is 225 g/mol. The molecule has 0 saturated carbocycles. The lowest BCUT2D eigenvalue weighted by Crippen LogP contribution is -1.99. The summed E-state index contributed by atoms with van der Waals surface area (Å²) in [5, 5.41) is 11.7. The maximum Gasteiger partial charge on any atom is 0.221 e. The Balaban J connectivity index is 2.19. The molecule has 5 heteroatoms. The molecule has 17 heavy (non-hydrogen) atoms. The number of nitrogens with two attached hydrogens (primary N) is 1. The topological polar surface area (TPSA) is 87.6 Å². The molecule has 1 aromatic heterocycles. The van der Waals surface area contributed by atoms with Crippen LogP contribution in [0.3, 0.4) is 0 Å². The van der Waals surface area contributed by atoms with Gasteiger partial charge in [-0.25, -0.2) is 4.98 Å². The lowest BCUT2D eigenvalue weighted by atomic mass is 10.1. The van der Waals surface area contributed by atoms with E-state index in [-0.39, 0.29) is 5.95 Å². The molecule has 2 aromatic rings. The van der Waals surface area contributed by atoms with Crippen LogP contribution in [-0.4, -0.2) is 9.97 Å². The molecule has 1 aromatic carbocycles. The van der Waals surface area contributed by atoms with Crippen molar-refractivity contribution in [2.24, 2.45) is 0 Å². The quantitative estimate of drug-likeness (QED) is 0.832. The maximum atomic E-state index is 8.63. The Morgan fingerprint density at radius 1 is 1.35 bits per heavy atom. The molecule has 0 spiro atoms. The van der Waals surface area contributed by atoms with Crippen molar-refractivity contribution in [2.45, 2.75) is 6.42 Å². The van der Waals surface area contributed by atoms with E-state index in [1.165, 1.54) is 0 Å². The average molecular weight is 225 g/mol. The molecule has 2 rings (SSSR count). The lowest BCUT2D eigenvalue weighted by Gasteiger charge is -2.06. The molecule has 0 unspecified atom stereocenters. The van der Waals surface area contributed by atoms with Crippen molar-refractivity contribution in [3.05, 3.63) is 42.1 Å². The Morgan fingerprint density at radius 2 is 2.24 bits per heavy atom. The fourth-order valence-electron chi connectivity index (χ4n) is 1.44. The number of nitrogen functional groups attached to an aromatic ring is 1. The van der Waals surface area contributed by atoms with Gasteiger partial charge in [0.15, 0.2) is 0 Å².